The minimum Gasteiger partial charge on any atom is -0.456 e. The van der Waals surface area contributed by atoms with Crippen molar-refractivity contribution in [1.29, 1.82) is 0 Å². The molecule has 8 aromatic carbocycles. The molecule has 11 aromatic rings. The van der Waals surface area contributed by atoms with Crippen molar-refractivity contribution < 1.29 is 4.42 Å². The van der Waals surface area contributed by atoms with Gasteiger partial charge in [0.05, 0.1) is 32.5 Å². The first kappa shape index (κ1) is 27.6. The van der Waals surface area contributed by atoms with Gasteiger partial charge in [0.2, 0.25) is 0 Å². The lowest BCUT2D eigenvalue weighted by Gasteiger charge is -2.27. The maximum Gasteiger partial charge on any atom is 0.137 e. The van der Waals surface area contributed by atoms with Crippen LogP contribution in [0.5, 0.6) is 0 Å². The Morgan fingerprint density at radius 3 is 2.06 bits per heavy atom. The van der Waals surface area contributed by atoms with Gasteiger partial charge in [0, 0.05) is 43.0 Å². The van der Waals surface area contributed by atoms with Gasteiger partial charge in [-0.1, -0.05) is 109 Å². The van der Waals surface area contributed by atoms with Crippen LogP contribution in [-0.4, -0.2) is 4.57 Å². The summed E-state index contributed by atoms with van der Waals surface area (Å²) in [5, 5.41) is 9.76. The highest BCUT2D eigenvalue weighted by Gasteiger charge is 2.25. The smallest absolute Gasteiger partial charge is 0.137 e. The molecule has 0 N–H and O–H groups in total. The second-order valence-corrected chi connectivity index (χ2v) is 13.9. The molecule has 0 saturated heterocycles. The maximum atomic E-state index is 6.48. The van der Waals surface area contributed by atoms with Crippen LogP contribution < -0.4 is 4.90 Å². The van der Waals surface area contributed by atoms with Crippen molar-refractivity contribution in [3.63, 3.8) is 0 Å². The summed E-state index contributed by atoms with van der Waals surface area (Å²) in [4.78, 5) is 2.47. The molecular weight excluding hydrogens is 629 g/mol. The van der Waals surface area contributed by atoms with Crippen molar-refractivity contribution in [2.45, 2.75) is 0 Å². The van der Waals surface area contributed by atoms with E-state index in [0.29, 0.717) is 0 Å². The van der Waals surface area contributed by atoms with Gasteiger partial charge >= 0.3 is 0 Å². The van der Waals surface area contributed by atoms with Crippen LogP contribution in [0.25, 0.3) is 80.4 Å². The van der Waals surface area contributed by atoms with Gasteiger partial charge in [0.25, 0.3) is 0 Å². The van der Waals surface area contributed by atoms with Crippen molar-refractivity contribution in [2.75, 3.05) is 4.90 Å². The Morgan fingerprint density at radius 1 is 0.460 bits per heavy atom. The Kier molecular flexibility index (Phi) is 5.83. The minimum atomic E-state index is 0.876. The van der Waals surface area contributed by atoms with Crippen LogP contribution in [0, 0.1) is 0 Å². The van der Waals surface area contributed by atoms with Crippen molar-refractivity contribution in [1.82, 2.24) is 4.57 Å². The lowest BCUT2D eigenvalue weighted by molar-refractivity contribution is 0.669. The van der Waals surface area contributed by atoms with Crippen molar-refractivity contribution in [3.05, 3.63) is 170 Å². The number of fused-ring (bicyclic) bond motifs is 11. The number of hydrogen-bond donors (Lipinski definition) is 0. The van der Waals surface area contributed by atoms with E-state index in [1.165, 1.54) is 47.2 Å². The van der Waals surface area contributed by atoms with Crippen LogP contribution in [0.15, 0.2) is 174 Å². The van der Waals surface area contributed by atoms with Gasteiger partial charge in [-0.2, -0.15) is 0 Å². The molecule has 3 aromatic heterocycles. The number of aromatic nitrogens is 1. The SMILES string of the molecule is c1ccc(-n2c3ccccc3c3ccc(N(c4cc5ccccc5c5c4sc4ccccc45)c4cccc5oc6ccccc6c45)cc32)cc1. The van der Waals surface area contributed by atoms with E-state index in [-0.39, 0.29) is 0 Å². The van der Waals surface area contributed by atoms with E-state index in [2.05, 4.69) is 173 Å². The zero-order valence-corrected chi connectivity index (χ0v) is 27.7. The third-order valence-electron chi connectivity index (χ3n) is 10.1. The first-order chi connectivity index (χ1) is 24.8. The minimum absolute atomic E-state index is 0.876. The predicted molar refractivity (Wildman–Crippen MR) is 213 cm³/mol. The molecule has 0 unspecified atom stereocenters. The zero-order chi connectivity index (χ0) is 32.8. The number of thiophene rings is 1. The van der Waals surface area contributed by atoms with Gasteiger partial charge < -0.3 is 13.9 Å². The zero-order valence-electron chi connectivity index (χ0n) is 26.9. The van der Waals surface area contributed by atoms with Crippen LogP contribution >= 0.6 is 11.3 Å². The first-order valence-corrected chi connectivity index (χ1v) is 17.8. The van der Waals surface area contributed by atoms with E-state index in [9.17, 15) is 0 Å². The molecule has 3 nitrogen and oxygen atoms in total. The summed E-state index contributed by atoms with van der Waals surface area (Å²) in [6.07, 6.45) is 0. The number of anilines is 3. The Morgan fingerprint density at radius 2 is 1.16 bits per heavy atom. The van der Waals surface area contributed by atoms with Crippen LogP contribution in [0.4, 0.5) is 17.1 Å². The van der Waals surface area contributed by atoms with Crippen LogP contribution in [0.1, 0.15) is 0 Å². The first-order valence-electron chi connectivity index (χ1n) is 16.9. The molecule has 50 heavy (non-hydrogen) atoms. The molecule has 0 radical (unpaired) electrons. The summed E-state index contributed by atoms with van der Waals surface area (Å²) in [5.74, 6) is 0. The van der Waals surface area contributed by atoms with Gasteiger partial charge in [-0.15, -0.1) is 11.3 Å². The van der Waals surface area contributed by atoms with Gasteiger partial charge in [0.1, 0.15) is 11.2 Å². The molecular formula is C46H28N2OS. The molecule has 0 spiro atoms. The van der Waals surface area contributed by atoms with E-state index in [0.717, 1.165) is 50.2 Å². The Balaban J connectivity index is 1.30. The maximum absolute atomic E-state index is 6.48. The molecule has 234 valence electrons. The molecule has 0 saturated carbocycles. The highest BCUT2D eigenvalue weighted by Crippen LogP contribution is 2.50. The summed E-state index contributed by atoms with van der Waals surface area (Å²) in [6.45, 7) is 0. The molecule has 0 aliphatic rings. The predicted octanol–water partition coefficient (Wildman–Crippen LogP) is 13.7. The quantitative estimate of drug-likeness (QED) is 0.188. The molecule has 0 fully saturated rings. The fraction of sp³-hybridized carbons (Fsp3) is 0. The highest BCUT2D eigenvalue weighted by atomic mass is 32.1. The number of nitrogens with zero attached hydrogens (tertiary/aromatic N) is 2. The van der Waals surface area contributed by atoms with Crippen LogP contribution in [-0.2, 0) is 0 Å². The number of hydrogen-bond acceptors (Lipinski definition) is 3. The number of para-hydroxylation sites is 3. The second-order valence-electron chi connectivity index (χ2n) is 12.9. The van der Waals surface area contributed by atoms with Crippen molar-refractivity contribution >= 4 is 103 Å². The fourth-order valence-electron chi connectivity index (χ4n) is 8.03. The van der Waals surface area contributed by atoms with E-state index < -0.39 is 0 Å². The lowest BCUT2D eigenvalue weighted by Crippen LogP contribution is -2.11. The van der Waals surface area contributed by atoms with Crippen molar-refractivity contribution in [2.24, 2.45) is 0 Å². The summed E-state index contributed by atoms with van der Waals surface area (Å²) in [7, 11) is 0. The summed E-state index contributed by atoms with van der Waals surface area (Å²) >= 11 is 1.87. The molecule has 0 atom stereocenters. The third kappa shape index (κ3) is 3.91. The van der Waals surface area contributed by atoms with Crippen LogP contribution in [0.3, 0.4) is 0 Å². The Bertz CT molecular complexity index is 3110. The topological polar surface area (TPSA) is 21.3 Å². The van der Waals surface area contributed by atoms with Gasteiger partial charge in [0.15, 0.2) is 0 Å². The number of furan rings is 1. The van der Waals surface area contributed by atoms with Crippen molar-refractivity contribution in [3.8, 4) is 5.69 Å². The molecule has 0 amide bonds. The van der Waals surface area contributed by atoms with Gasteiger partial charge in [-0.25, -0.2) is 0 Å². The Labute approximate surface area is 291 Å². The summed E-state index contributed by atoms with van der Waals surface area (Å²) in [5.41, 5.74) is 8.59. The normalized spacial score (nSPS) is 12.0. The monoisotopic (exact) mass is 656 g/mol. The van der Waals surface area contributed by atoms with Gasteiger partial charge in [-0.3, -0.25) is 0 Å². The van der Waals surface area contributed by atoms with E-state index in [4.69, 9.17) is 4.42 Å². The van der Waals surface area contributed by atoms with E-state index in [1.54, 1.807) is 0 Å². The summed E-state index contributed by atoms with van der Waals surface area (Å²) < 4.78 is 11.4. The molecule has 0 bridgehead atoms. The van der Waals surface area contributed by atoms with Gasteiger partial charge in [-0.05, 0) is 71.4 Å². The number of rotatable bonds is 4. The third-order valence-corrected chi connectivity index (χ3v) is 11.3. The largest absolute Gasteiger partial charge is 0.456 e. The molecule has 11 rings (SSSR count). The van der Waals surface area contributed by atoms with Crippen LogP contribution in [0.2, 0.25) is 0 Å². The average Bonchev–Trinajstić information content (AvgIpc) is 3.85. The fourth-order valence-corrected chi connectivity index (χ4v) is 9.25. The van der Waals surface area contributed by atoms with E-state index in [1.807, 2.05) is 17.4 Å². The lowest BCUT2D eigenvalue weighted by atomic mass is 10.0. The second kappa shape index (κ2) is 10.6. The molecule has 3 heterocycles. The molecule has 0 aliphatic heterocycles. The number of benzene rings is 8. The molecule has 0 aliphatic carbocycles. The highest BCUT2D eigenvalue weighted by molar-refractivity contribution is 7.26. The van der Waals surface area contributed by atoms with E-state index >= 15 is 0 Å². The standard InChI is InChI=1S/C46H28N2OS/c1-2-14-30(15-3-1)47-37-20-9-6-17-33(37)34-26-25-31(28-39(34)47)48(38-21-12-23-42-45(38)35-18-7-10-22-41(35)49-42)40-27-29-13-4-5-16-32(29)44-36-19-8-11-24-43(36)50-46(40)44/h1-28H. The Hall–Kier alpha value is -6.36. The average molecular weight is 657 g/mol. The summed E-state index contributed by atoms with van der Waals surface area (Å²) in [6, 6.07) is 61.2. The molecule has 4 heteroatoms.